The molecule has 0 bridgehead atoms. The molecule has 1 fully saturated rings. The number of aliphatic hydroxyl groups is 2. The minimum absolute atomic E-state index is 0.117. The molecule has 204 valence electrons. The van der Waals surface area contributed by atoms with Crippen molar-refractivity contribution in [3.05, 3.63) is 70.6 Å². The highest BCUT2D eigenvalue weighted by atomic mass is 35.5. The molecular weight excluding hydrogens is 531 g/mol. The second-order valence-corrected chi connectivity index (χ2v) is 9.13. The molecule has 13 heteroatoms. The van der Waals surface area contributed by atoms with Gasteiger partial charge in [0.1, 0.15) is 42.3 Å². The van der Waals surface area contributed by atoms with Gasteiger partial charge in [0, 0.05) is 17.6 Å². The maximum Gasteiger partial charge on any atom is 0.194 e. The van der Waals surface area contributed by atoms with Gasteiger partial charge in [-0.15, -0.1) is 5.10 Å². The van der Waals surface area contributed by atoms with Gasteiger partial charge in [-0.2, -0.15) is 0 Å². The molecule has 0 radical (unpaired) electrons. The lowest BCUT2D eigenvalue weighted by Gasteiger charge is -2.45. The molecule has 1 aromatic heterocycles. The summed E-state index contributed by atoms with van der Waals surface area (Å²) >= 11 is 5.91. The molecule has 0 saturated carbocycles. The molecule has 1 aliphatic rings. The van der Waals surface area contributed by atoms with Crippen LogP contribution in [0.15, 0.2) is 42.6 Å². The summed E-state index contributed by atoms with van der Waals surface area (Å²) in [5.74, 6) is -5.22. The van der Waals surface area contributed by atoms with Crippen LogP contribution >= 0.6 is 11.6 Å². The molecule has 2 aromatic carbocycles. The summed E-state index contributed by atoms with van der Waals surface area (Å²) in [5, 5.41) is 29.2. The van der Waals surface area contributed by atoms with Gasteiger partial charge in [-0.25, -0.2) is 17.9 Å². The van der Waals surface area contributed by atoms with E-state index >= 15 is 0 Å². The molecule has 4 rings (SSSR count). The number of hydrogen-bond acceptors (Lipinski definition) is 8. The Labute approximate surface area is 224 Å². The van der Waals surface area contributed by atoms with Gasteiger partial charge >= 0.3 is 0 Å². The number of rotatable bonds is 9. The lowest BCUT2D eigenvalue weighted by Crippen LogP contribution is -2.61. The third-order valence-electron chi connectivity index (χ3n) is 6.18. The first-order valence-electron chi connectivity index (χ1n) is 12.8. The number of carbonyl (C=O) groups is 1. The average Bonchev–Trinajstić information content (AvgIpc) is 3.38. The number of carbonyl (C=O) groups excluding carboxylic acids is 1. The third-order valence-corrected chi connectivity index (χ3v) is 6.43. The zero-order chi connectivity index (χ0) is 30.1. The Balaban J connectivity index is 1.73. The fraction of sp³-hybridized carbons (Fsp3) is 0.400. The first kappa shape index (κ1) is 24.2. The SMILES string of the molecule is [2H]C([2H])([2H])OC1[C@H]([C@H](OCc2ccc(Cl)cc2)C(C)=O)OC(CO)[C@H](O)[C@@H]1n1cc(-c2cc(F)c(F)c(F)c2)nn1. The predicted molar refractivity (Wildman–Crippen MR) is 128 cm³/mol. The Bertz CT molecular complexity index is 1360. The number of aliphatic hydroxyl groups excluding tert-OH is 2. The minimum Gasteiger partial charge on any atom is -0.394 e. The smallest absolute Gasteiger partial charge is 0.194 e. The van der Waals surface area contributed by atoms with Crippen molar-refractivity contribution in [2.24, 2.45) is 0 Å². The van der Waals surface area contributed by atoms with Crippen LogP contribution in [0.25, 0.3) is 11.3 Å². The number of nitrogens with zero attached hydrogens (tertiary/aromatic N) is 3. The minimum atomic E-state index is -3.07. The molecule has 2 N–H and O–H groups in total. The van der Waals surface area contributed by atoms with E-state index in [2.05, 4.69) is 10.3 Å². The van der Waals surface area contributed by atoms with Crippen molar-refractivity contribution in [2.75, 3.05) is 13.6 Å². The molecular formula is C25H25ClF3N3O6. The van der Waals surface area contributed by atoms with Gasteiger partial charge in [-0.1, -0.05) is 28.9 Å². The number of Topliss-reactive ketones (excluding diaryl/α,β-unsaturated/α-hetero) is 1. The molecule has 0 aliphatic carbocycles. The normalized spacial score (nSPS) is 25.9. The summed E-state index contributed by atoms with van der Waals surface area (Å²) in [5.41, 5.74) is 0.263. The largest absolute Gasteiger partial charge is 0.394 e. The highest BCUT2D eigenvalue weighted by Crippen LogP contribution is 2.35. The number of hydrogen-bond donors (Lipinski definition) is 2. The Morgan fingerprint density at radius 3 is 2.55 bits per heavy atom. The topological polar surface area (TPSA) is 116 Å². The number of methoxy groups -OCH3 is 1. The van der Waals surface area contributed by atoms with E-state index in [4.69, 9.17) is 29.9 Å². The first-order valence-corrected chi connectivity index (χ1v) is 11.7. The number of ether oxygens (including phenoxy) is 3. The number of benzene rings is 2. The van der Waals surface area contributed by atoms with E-state index in [0.29, 0.717) is 22.7 Å². The second kappa shape index (κ2) is 11.9. The van der Waals surface area contributed by atoms with Gasteiger partial charge in [0.25, 0.3) is 0 Å². The fourth-order valence-corrected chi connectivity index (χ4v) is 4.40. The average molecular weight is 559 g/mol. The molecule has 38 heavy (non-hydrogen) atoms. The van der Waals surface area contributed by atoms with Gasteiger partial charge in [-0.3, -0.25) is 4.79 Å². The first-order chi connectivity index (χ1) is 19.3. The third kappa shape index (κ3) is 5.75. The maximum atomic E-state index is 13.8. The van der Waals surface area contributed by atoms with Gasteiger partial charge < -0.3 is 24.4 Å². The van der Waals surface area contributed by atoms with Crippen LogP contribution in [0, 0.1) is 17.5 Å². The van der Waals surface area contributed by atoms with E-state index in [1.54, 1.807) is 24.3 Å². The number of ketones is 1. The van der Waals surface area contributed by atoms with E-state index in [0.717, 1.165) is 10.9 Å². The summed E-state index contributed by atoms with van der Waals surface area (Å²) in [6.07, 6.45) is -6.48. The number of aromatic nitrogens is 3. The van der Waals surface area contributed by atoms with Crippen LogP contribution in [0.1, 0.15) is 22.6 Å². The summed E-state index contributed by atoms with van der Waals surface area (Å²) in [6, 6.07) is 6.42. The molecule has 2 heterocycles. The maximum absolute atomic E-state index is 13.8. The highest BCUT2D eigenvalue weighted by Gasteiger charge is 2.51. The van der Waals surface area contributed by atoms with Crippen LogP contribution in [0.3, 0.4) is 0 Å². The van der Waals surface area contributed by atoms with Crippen LogP contribution in [-0.2, 0) is 25.6 Å². The van der Waals surface area contributed by atoms with Crippen LogP contribution in [0.2, 0.25) is 5.02 Å². The molecule has 3 aromatic rings. The Morgan fingerprint density at radius 1 is 1.26 bits per heavy atom. The molecule has 2 unspecified atom stereocenters. The van der Waals surface area contributed by atoms with Crippen molar-refractivity contribution in [3.63, 3.8) is 0 Å². The van der Waals surface area contributed by atoms with Crippen LogP contribution < -0.4 is 0 Å². The lowest BCUT2D eigenvalue weighted by molar-refractivity contribution is -0.239. The summed E-state index contributed by atoms with van der Waals surface area (Å²) in [4.78, 5) is 12.7. The van der Waals surface area contributed by atoms with E-state index in [-0.39, 0.29) is 17.9 Å². The van der Waals surface area contributed by atoms with Crippen molar-refractivity contribution in [3.8, 4) is 11.3 Å². The summed E-state index contributed by atoms with van der Waals surface area (Å²) in [7, 11) is -3.07. The molecule has 0 spiro atoms. The van der Waals surface area contributed by atoms with Crippen molar-refractivity contribution in [2.45, 2.75) is 50.1 Å². The van der Waals surface area contributed by atoms with Crippen LogP contribution in [0.5, 0.6) is 0 Å². The van der Waals surface area contributed by atoms with E-state index in [9.17, 15) is 28.2 Å². The van der Waals surface area contributed by atoms with Crippen LogP contribution in [-0.4, -0.2) is 75.2 Å². The summed E-state index contributed by atoms with van der Waals surface area (Å²) in [6.45, 7) is 0.307. The van der Waals surface area contributed by atoms with Crippen molar-refractivity contribution in [1.29, 1.82) is 0 Å². The predicted octanol–water partition coefficient (Wildman–Crippen LogP) is 2.87. The van der Waals surface area contributed by atoms with E-state index in [1.165, 1.54) is 6.92 Å². The van der Waals surface area contributed by atoms with Crippen molar-refractivity contribution >= 4 is 17.4 Å². The monoisotopic (exact) mass is 558 g/mol. The molecule has 6 atom stereocenters. The van der Waals surface area contributed by atoms with Crippen molar-refractivity contribution < 1.29 is 46.5 Å². The quantitative estimate of drug-likeness (QED) is 0.385. The lowest BCUT2D eigenvalue weighted by atomic mass is 9.89. The molecule has 1 aliphatic heterocycles. The Hall–Kier alpha value is -2.87. The van der Waals surface area contributed by atoms with Gasteiger partial charge in [-0.05, 0) is 36.8 Å². The van der Waals surface area contributed by atoms with Gasteiger partial charge in [0.05, 0.1) is 23.5 Å². The standard InChI is InChI=1S/C25H25ClF3N3O6/c1-12(34)23(37-11-13-3-5-15(26)6-4-13)25-24(36-2)21(22(35)19(10-33)38-25)32-9-18(30-31-32)14-7-16(27)20(29)17(28)8-14/h3-9,19,21-25,33,35H,10-11H2,1-2H3/t19?,21-,22-,23+,24?,25-/m0/s1/i2D3. The van der Waals surface area contributed by atoms with E-state index in [1.807, 2.05) is 0 Å². The Morgan fingerprint density at radius 2 is 1.95 bits per heavy atom. The second-order valence-electron chi connectivity index (χ2n) is 8.69. The zero-order valence-corrected chi connectivity index (χ0v) is 20.6. The highest BCUT2D eigenvalue weighted by molar-refractivity contribution is 6.30. The van der Waals surface area contributed by atoms with Gasteiger partial charge in [0.2, 0.25) is 0 Å². The number of halogens is 4. The van der Waals surface area contributed by atoms with E-state index < -0.39 is 73.4 Å². The van der Waals surface area contributed by atoms with Crippen LogP contribution in [0.4, 0.5) is 13.2 Å². The summed E-state index contributed by atoms with van der Waals surface area (Å²) < 4.78 is 82.1. The molecule has 1 saturated heterocycles. The molecule has 9 nitrogen and oxygen atoms in total. The van der Waals surface area contributed by atoms with Crippen molar-refractivity contribution in [1.82, 2.24) is 15.0 Å². The fourth-order valence-electron chi connectivity index (χ4n) is 4.28. The molecule has 0 amide bonds. The van der Waals surface area contributed by atoms with Gasteiger partial charge in [0.15, 0.2) is 23.2 Å². The Kier molecular flexibility index (Phi) is 7.57. The zero-order valence-electron chi connectivity index (χ0n) is 22.8.